The summed E-state index contributed by atoms with van der Waals surface area (Å²) in [4.78, 5) is 11.9. The highest BCUT2D eigenvalue weighted by atomic mass is 35.5. The van der Waals surface area contributed by atoms with E-state index in [2.05, 4.69) is 11.9 Å². The third-order valence-electron chi connectivity index (χ3n) is 2.10. The SMILES string of the molecule is C=C(Cl)CNC(=O)c1c(OC)cccc1OC. The zero-order chi connectivity index (χ0) is 12.8. The molecule has 0 saturated heterocycles. The molecule has 1 aromatic carbocycles. The van der Waals surface area contributed by atoms with Crippen LogP contribution in [-0.2, 0) is 0 Å². The van der Waals surface area contributed by atoms with Crippen LogP contribution in [0, 0.1) is 0 Å². The second-order valence-corrected chi connectivity index (χ2v) is 3.77. The first kappa shape index (κ1) is 13.4. The lowest BCUT2D eigenvalue weighted by Gasteiger charge is -2.12. The van der Waals surface area contributed by atoms with Crippen LogP contribution >= 0.6 is 11.6 Å². The first-order valence-electron chi connectivity index (χ1n) is 4.92. The van der Waals surface area contributed by atoms with Gasteiger partial charge < -0.3 is 14.8 Å². The molecule has 1 rings (SSSR count). The van der Waals surface area contributed by atoms with Gasteiger partial charge >= 0.3 is 0 Å². The van der Waals surface area contributed by atoms with Gasteiger partial charge in [-0.2, -0.15) is 0 Å². The van der Waals surface area contributed by atoms with Gasteiger partial charge in [-0.3, -0.25) is 4.79 Å². The first-order chi connectivity index (χ1) is 8.10. The molecule has 92 valence electrons. The van der Waals surface area contributed by atoms with E-state index < -0.39 is 0 Å². The van der Waals surface area contributed by atoms with E-state index in [-0.39, 0.29) is 12.5 Å². The fraction of sp³-hybridized carbons (Fsp3) is 0.250. The van der Waals surface area contributed by atoms with E-state index >= 15 is 0 Å². The van der Waals surface area contributed by atoms with Gasteiger partial charge in [0.15, 0.2) is 0 Å². The van der Waals surface area contributed by atoms with Crippen molar-refractivity contribution in [2.45, 2.75) is 0 Å². The summed E-state index contributed by atoms with van der Waals surface area (Å²) in [6, 6.07) is 5.12. The van der Waals surface area contributed by atoms with E-state index in [1.165, 1.54) is 14.2 Å². The van der Waals surface area contributed by atoms with E-state index in [1.807, 2.05) is 0 Å². The van der Waals surface area contributed by atoms with E-state index in [9.17, 15) is 4.79 Å². The molecule has 5 heteroatoms. The molecule has 1 N–H and O–H groups in total. The highest BCUT2D eigenvalue weighted by molar-refractivity contribution is 6.29. The van der Waals surface area contributed by atoms with Crippen LogP contribution in [0.1, 0.15) is 10.4 Å². The number of benzene rings is 1. The molecule has 0 aromatic heterocycles. The van der Waals surface area contributed by atoms with Crippen LogP contribution in [0.3, 0.4) is 0 Å². The Morgan fingerprint density at radius 1 is 1.35 bits per heavy atom. The molecule has 0 radical (unpaired) electrons. The van der Waals surface area contributed by atoms with E-state index in [4.69, 9.17) is 21.1 Å². The highest BCUT2D eigenvalue weighted by Gasteiger charge is 2.17. The minimum Gasteiger partial charge on any atom is -0.496 e. The number of amides is 1. The van der Waals surface area contributed by atoms with Crippen molar-refractivity contribution in [2.75, 3.05) is 20.8 Å². The maximum Gasteiger partial charge on any atom is 0.259 e. The topological polar surface area (TPSA) is 47.6 Å². The zero-order valence-corrected chi connectivity index (χ0v) is 10.5. The molecule has 0 unspecified atom stereocenters. The Labute approximate surface area is 105 Å². The number of rotatable bonds is 5. The minimum atomic E-state index is -0.318. The predicted molar refractivity (Wildman–Crippen MR) is 66.9 cm³/mol. The van der Waals surface area contributed by atoms with Crippen molar-refractivity contribution in [3.05, 3.63) is 35.4 Å². The van der Waals surface area contributed by atoms with Gasteiger partial charge in [0.25, 0.3) is 5.91 Å². The summed E-state index contributed by atoms with van der Waals surface area (Å²) in [5, 5.41) is 2.97. The van der Waals surface area contributed by atoms with E-state index in [0.29, 0.717) is 22.1 Å². The van der Waals surface area contributed by atoms with Gasteiger partial charge in [0, 0.05) is 5.03 Å². The van der Waals surface area contributed by atoms with Crippen molar-refractivity contribution in [3.63, 3.8) is 0 Å². The van der Waals surface area contributed by atoms with Gasteiger partial charge in [-0.25, -0.2) is 0 Å². The van der Waals surface area contributed by atoms with Gasteiger partial charge in [0.2, 0.25) is 0 Å². The Hall–Kier alpha value is -1.68. The molecule has 0 fully saturated rings. The van der Waals surface area contributed by atoms with Gasteiger partial charge in [-0.1, -0.05) is 24.2 Å². The van der Waals surface area contributed by atoms with Crippen LogP contribution in [0.25, 0.3) is 0 Å². The number of nitrogens with one attached hydrogen (secondary N) is 1. The van der Waals surface area contributed by atoms with Gasteiger partial charge in [-0.05, 0) is 12.1 Å². The third kappa shape index (κ3) is 3.39. The van der Waals surface area contributed by atoms with Crippen molar-refractivity contribution >= 4 is 17.5 Å². The van der Waals surface area contributed by atoms with Gasteiger partial charge in [0.1, 0.15) is 17.1 Å². The van der Waals surface area contributed by atoms with Crippen LogP contribution in [0.4, 0.5) is 0 Å². The van der Waals surface area contributed by atoms with Gasteiger partial charge in [-0.15, -0.1) is 0 Å². The molecule has 0 bridgehead atoms. The average Bonchev–Trinajstić information content (AvgIpc) is 2.34. The molecule has 0 spiro atoms. The fourth-order valence-electron chi connectivity index (χ4n) is 1.34. The maximum atomic E-state index is 11.9. The second kappa shape index (κ2) is 6.15. The molecule has 4 nitrogen and oxygen atoms in total. The lowest BCUT2D eigenvalue weighted by molar-refractivity contribution is 0.0951. The molecule has 1 aromatic rings. The summed E-state index contributed by atoms with van der Waals surface area (Å²) in [5.41, 5.74) is 0.343. The number of carbonyl (C=O) groups excluding carboxylic acids is 1. The average molecular weight is 256 g/mol. The third-order valence-corrected chi connectivity index (χ3v) is 2.23. The minimum absolute atomic E-state index is 0.196. The van der Waals surface area contributed by atoms with Crippen molar-refractivity contribution in [1.29, 1.82) is 0 Å². The highest BCUT2D eigenvalue weighted by Crippen LogP contribution is 2.27. The molecular weight excluding hydrogens is 242 g/mol. The van der Waals surface area contributed by atoms with Gasteiger partial charge in [0.05, 0.1) is 20.8 Å². The molecule has 0 atom stereocenters. The van der Waals surface area contributed by atoms with Crippen LogP contribution in [0.5, 0.6) is 11.5 Å². The lowest BCUT2D eigenvalue weighted by Crippen LogP contribution is -2.25. The summed E-state index contributed by atoms with van der Waals surface area (Å²) in [6.07, 6.45) is 0. The monoisotopic (exact) mass is 255 g/mol. The summed E-state index contributed by atoms with van der Waals surface area (Å²) in [5.74, 6) is 0.574. The normalized spacial score (nSPS) is 9.59. The number of halogens is 1. The number of ether oxygens (including phenoxy) is 2. The van der Waals surface area contributed by atoms with E-state index in [0.717, 1.165) is 0 Å². The Morgan fingerprint density at radius 3 is 2.29 bits per heavy atom. The van der Waals surface area contributed by atoms with Crippen molar-refractivity contribution in [3.8, 4) is 11.5 Å². The molecule has 0 heterocycles. The molecular formula is C12H14ClNO3. The smallest absolute Gasteiger partial charge is 0.259 e. The second-order valence-electron chi connectivity index (χ2n) is 3.24. The quantitative estimate of drug-likeness (QED) is 0.877. The maximum absolute atomic E-state index is 11.9. The summed E-state index contributed by atoms with van der Waals surface area (Å²) in [6.45, 7) is 3.69. The number of hydrogen-bond donors (Lipinski definition) is 1. The summed E-state index contributed by atoms with van der Waals surface area (Å²) in [7, 11) is 2.98. The summed E-state index contributed by atoms with van der Waals surface area (Å²) < 4.78 is 10.2. The molecule has 17 heavy (non-hydrogen) atoms. The van der Waals surface area contributed by atoms with Crippen LogP contribution in [0.2, 0.25) is 0 Å². The molecule has 0 aliphatic carbocycles. The Morgan fingerprint density at radius 2 is 1.88 bits per heavy atom. The van der Waals surface area contributed by atoms with Crippen molar-refractivity contribution < 1.29 is 14.3 Å². The standard InChI is InChI=1S/C12H14ClNO3/c1-8(13)7-14-12(15)11-9(16-2)5-4-6-10(11)17-3/h4-6H,1,7H2,2-3H3,(H,14,15). The fourth-order valence-corrected chi connectivity index (χ4v) is 1.41. The number of hydrogen-bond acceptors (Lipinski definition) is 3. The lowest BCUT2D eigenvalue weighted by atomic mass is 10.1. The molecule has 0 aliphatic heterocycles. The van der Waals surface area contributed by atoms with Crippen molar-refractivity contribution in [1.82, 2.24) is 5.32 Å². The zero-order valence-electron chi connectivity index (χ0n) is 9.75. The van der Waals surface area contributed by atoms with Crippen molar-refractivity contribution in [2.24, 2.45) is 0 Å². The van der Waals surface area contributed by atoms with Crippen LogP contribution < -0.4 is 14.8 Å². The summed E-state index contributed by atoms with van der Waals surface area (Å²) >= 11 is 5.58. The predicted octanol–water partition coefficient (Wildman–Crippen LogP) is 2.19. The molecule has 0 aliphatic rings. The number of carbonyl (C=O) groups is 1. The van der Waals surface area contributed by atoms with Crippen LogP contribution in [-0.4, -0.2) is 26.7 Å². The largest absolute Gasteiger partial charge is 0.496 e. The first-order valence-corrected chi connectivity index (χ1v) is 5.30. The molecule has 1 amide bonds. The Bertz CT molecular complexity index is 410. The Kier molecular flexibility index (Phi) is 4.84. The number of methoxy groups -OCH3 is 2. The van der Waals surface area contributed by atoms with E-state index in [1.54, 1.807) is 18.2 Å². The molecule has 0 saturated carbocycles. The Balaban J connectivity index is 3.01. The van der Waals surface area contributed by atoms with Crippen LogP contribution in [0.15, 0.2) is 29.8 Å².